The average Bonchev–Trinajstić information content (AvgIpc) is 1.63. The second-order valence-corrected chi connectivity index (χ2v) is 39.6. The number of urea groups is 1. The highest BCUT2D eigenvalue weighted by atomic mass is 32.2. The van der Waals surface area contributed by atoms with Crippen LogP contribution in [0.15, 0.2) is 222 Å². The smallest absolute Gasteiger partial charge is 0.320 e. The van der Waals surface area contributed by atoms with Gasteiger partial charge in [0.05, 0.1) is 22.0 Å². The molecule has 0 radical (unpaired) electrons. The number of nitrogens with one attached hydrogen (secondary N) is 10. The Morgan fingerprint density at radius 2 is 0.788 bits per heavy atom. The maximum Gasteiger partial charge on any atom is 0.320 e. The Bertz CT molecular complexity index is 6820. The van der Waals surface area contributed by atoms with Gasteiger partial charge < -0.3 is 71.5 Å². The van der Waals surface area contributed by atoms with Gasteiger partial charge in [0.2, 0.25) is 20.0 Å². The van der Waals surface area contributed by atoms with Crippen LogP contribution >= 0.6 is 0 Å². The zero-order chi connectivity index (χ0) is 104. The Morgan fingerprint density at radius 3 is 1.19 bits per heavy atom. The van der Waals surface area contributed by atoms with Crippen LogP contribution in [0.2, 0.25) is 0 Å². The number of aryl methyl sites for hydroxylation is 2. The molecule has 10 aromatic rings. The molecule has 38 nitrogen and oxygen atoms in total. The molecule has 8 aliphatic rings. The third kappa shape index (κ3) is 29.8. The maximum absolute atomic E-state index is 13.8. The van der Waals surface area contributed by atoms with Gasteiger partial charge in [-0.25, -0.2) is 44.2 Å². The molecule has 8 aliphatic heterocycles. The van der Waals surface area contributed by atoms with E-state index >= 15 is 0 Å². The number of nitrogens with zero attached hydrogens (tertiary/aromatic N) is 18. The van der Waals surface area contributed by atoms with E-state index in [1.807, 2.05) is 148 Å². The van der Waals surface area contributed by atoms with Gasteiger partial charge in [-0.1, -0.05) is 103 Å². The first-order valence-electron chi connectivity index (χ1n) is 47.5. The maximum atomic E-state index is 13.8. The zero-order valence-electron chi connectivity index (χ0n) is 80.5. The predicted molar refractivity (Wildman–Crippen MR) is 533 cm³/mol. The Balaban J connectivity index is 0.000000148. The van der Waals surface area contributed by atoms with Crippen molar-refractivity contribution in [2.24, 2.45) is 14.1 Å². The van der Waals surface area contributed by atoms with E-state index in [4.69, 9.17) is 31.6 Å². The lowest BCUT2D eigenvalue weighted by Gasteiger charge is -2.29. The minimum atomic E-state index is -3.79. The second kappa shape index (κ2) is 50.9. The van der Waals surface area contributed by atoms with Crippen molar-refractivity contribution >= 4 is 61.4 Å². The van der Waals surface area contributed by atoms with E-state index in [2.05, 4.69) is 86.9 Å². The molecule has 8 aromatic carbocycles. The van der Waals surface area contributed by atoms with E-state index in [0.29, 0.717) is 144 Å². The number of piperidine rings is 1. The lowest BCUT2D eigenvalue weighted by molar-refractivity contribution is 0.0912. The lowest BCUT2D eigenvalue weighted by Crippen LogP contribution is -2.46. The van der Waals surface area contributed by atoms with Crippen molar-refractivity contribution in [3.63, 3.8) is 0 Å². The van der Waals surface area contributed by atoms with Gasteiger partial charge >= 0.3 is 6.03 Å². The predicted octanol–water partition coefficient (Wildman–Crippen LogP) is 8.67. The SMILES string of the molecule is Cc1c(-c2cnn(C)c2)nn(C)c1NC(=O)NC1CN(C#N)CC1c1ccc(F)c(F)c1.N#CN1CCC(NC(=O)c2ccc(-c3ccccc3)cc2)C1.N#CN1CCC(NC(=O)c2ccc(F)cc2)C1.N#CN1CCC(NC(=O)c2cccc(S(=O)(=O)NC3CCN(C#N)C3)c2)C1.N#CN1CCC(NC(=O)c2cccc(S(=O)(=O)NC3CCNC3)c2)C1.N#CN1CCCC(NC(=O)c2ccc(-c3ccccc3)cc2)C1. The molecule has 43 heteroatoms. The molecule has 0 aliphatic carbocycles. The summed E-state index contributed by atoms with van der Waals surface area (Å²) < 4.78 is 98.4. The van der Waals surface area contributed by atoms with Crippen molar-refractivity contribution in [2.45, 2.75) is 122 Å². The molecule has 9 unspecified atom stereocenters. The highest BCUT2D eigenvalue weighted by molar-refractivity contribution is 7.89. The number of rotatable bonds is 22. The number of aromatic nitrogens is 4. The summed E-state index contributed by atoms with van der Waals surface area (Å²) in [7, 11) is -3.92. The minimum absolute atomic E-state index is 0.00722. The number of nitriles is 7. The fourth-order valence-corrected chi connectivity index (χ4v) is 20.5. The Labute approximate surface area is 845 Å². The molecule has 146 heavy (non-hydrogen) atoms. The molecule has 0 bridgehead atoms. The van der Waals surface area contributed by atoms with Gasteiger partial charge in [0.1, 0.15) is 17.3 Å². The molecule has 8 saturated heterocycles. The van der Waals surface area contributed by atoms with Crippen molar-refractivity contribution in [1.29, 1.82) is 36.8 Å². The Morgan fingerprint density at radius 1 is 0.390 bits per heavy atom. The molecule has 2 aromatic heterocycles. The zero-order valence-corrected chi connectivity index (χ0v) is 82.1. The van der Waals surface area contributed by atoms with E-state index in [9.17, 15) is 64.0 Å². The van der Waals surface area contributed by atoms with Gasteiger partial charge in [0.25, 0.3) is 29.5 Å². The van der Waals surface area contributed by atoms with E-state index in [1.54, 1.807) is 65.3 Å². The summed E-state index contributed by atoms with van der Waals surface area (Å²) in [6, 6.07) is 54.7. The fraction of sp³-hybridized carbons (Fsp3) is 0.350. The number of sulfonamides is 2. The first-order valence-corrected chi connectivity index (χ1v) is 50.5. The molecule has 18 rings (SSSR count). The topological polar surface area (TPSA) is 516 Å². The minimum Gasteiger partial charge on any atom is -0.347 e. The van der Waals surface area contributed by atoms with Crippen LogP contribution in [0.1, 0.15) is 120 Å². The summed E-state index contributed by atoms with van der Waals surface area (Å²) in [5.74, 6) is -3.20. The largest absolute Gasteiger partial charge is 0.347 e. The van der Waals surface area contributed by atoms with Crippen LogP contribution in [0.25, 0.3) is 33.5 Å². The van der Waals surface area contributed by atoms with Crippen LogP contribution in [0.3, 0.4) is 0 Å². The normalized spacial score (nSPS) is 19.6. The summed E-state index contributed by atoms with van der Waals surface area (Å²) in [6.07, 6.45) is 24.1. The van der Waals surface area contributed by atoms with E-state index in [1.165, 1.54) is 70.5 Å². The van der Waals surface area contributed by atoms with Gasteiger partial charge in [0, 0.05) is 206 Å². The number of likely N-dealkylation sites (tertiary alicyclic amines) is 7. The van der Waals surface area contributed by atoms with Crippen LogP contribution in [0.5, 0.6) is 0 Å². The number of benzene rings is 8. The molecule has 9 atom stereocenters. The van der Waals surface area contributed by atoms with Gasteiger partial charge in [0.15, 0.2) is 55.0 Å². The van der Waals surface area contributed by atoms with Gasteiger partial charge in [-0.2, -0.15) is 47.0 Å². The summed E-state index contributed by atoms with van der Waals surface area (Å²) in [6.45, 7) is 10.7. The molecule has 8 fully saturated rings. The number of amides is 7. The summed E-state index contributed by atoms with van der Waals surface area (Å²) in [5.41, 5.74) is 9.55. The number of carbonyl (C=O) groups excluding carboxylic acids is 6. The van der Waals surface area contributed by atoms with Crippen LogP contribution in [-0.2, 0) is 34.1 Å². The van der Waals surface area contributed by atoms with E-state index in [-0.39, 0.29) is 105 Å². The first kappa shape index (κ1) is 107. The monoisotopic (exact) mass is 2020 g/mol. The third-order valence-electron chi connectivity index (χ3n) is 25.7. The average molecular weight is 2020 g/mol. The molecular formula is C103H111F3N28O10S2. The molecular weight excluding hydrogens is 1910 g/mol. The first-order chi connectivity index (χ1) is 70.3. The van der Waals surface area contributed by atoms with Crippen LogP contribution in [0.4, 0.5) is 23.8 Å². The summed E-state index contributed by atoms with van der Waals surface area (Å²) in [4.78, 5) is 85.2. The standard InChI is InChI=1S/C21H22F2N8O.C19H19N3O.C18H17N3O.C17H20N6O3S.C16H21N5O3S.C12H12FN3O/c1-12-19(14-7-25-29(2)8-14)28-30(3)20(12)27-21(32)26-18-10-31(11-24)9-15(18)13-4-5-16(22)17(23)6-13;20-14-22-12-4-7-18(13-22)21-19(23)17-10-8-16(9-11-17)15-5-2-1-3-6-15;19-13-21-11-10-17(12-21)20-18(22)16-8-6-15(7-9-16)14-4-2-1-3-5-14;18-11-22-6-4-14(9-22)20-17(24)13-2-1-3-16(8-13)27(25,26)21-15-5-7-23(10-15)12-19;17-11-21-7-5-14(10-21)19-16(22)12-2-1-3-15(8-12)25(23,24)20-13-4-6-18-9-13;13-10-3-1-9(2-4-10)12(17)15-11-5-6-16(7-11)8-14/h4-8,15,18H,9-10H2,1-3H3,(H2,26,27,32);1-3,5-6,8-11,18H,4,7,12-13H2,(H,21,23);1-9,17H,10-12H2,(H,20,22);1-3,8,14-15,21H,4-7,9-10H2,(H,20,24);1-3,8,13-14,18,20H,4-7,9-10H2,(H,19,22);1-4,11H,5-7H2,(H,15,17). The molecule has 0 saturated carbocycles. The van der Waals surface area contributed by atoms with Gasteiger partial charge in [-0.15, -0.1) is 0 Å². The van der Waals surface area contributed by atoms with Gasteiger partial charge in [-0.3, -0.25) is 38.7 Å². The van der Waals surface area contributed by atoms with Gasteiger partial charge in [-0.05, 0) is 190 Å². The van der Waals surface area contributed by atoms with Crippen LogP contribution in [0, 0.1) is 105 Å². The van der Waals surface area contributed by atoms with Crippen molar-refractivity contribution < 1.29 is 58.8 Å². The number of carbonyl (C=O) groups is 6. The van der Waals surface area contributed by atoms with Crippen LogP contribution in [-0.4, -0.2) is 259 Å². The van der Waals surface area contributed by atoms with Crippen molar-refractivity contribution in [3.05, 3.63) is 269 Å². The molecule has 10 heterocycles. The Kier molecular flexibility index (Phi) is 37.2. The van der Waals surface area contributed by atoms with E-state index in [0.717, 1.165) is 90.7 Å². The third-order valence-corrected chi connectivity index (χ3v) is 28.7. The molecule has 756 valence electrons. The lowest BCUT2D eigenvalue weighted by atomic mass is 9.94. The summed E-state index contributed by atoms with van der Waals surface area (Å²) >= 11 is 0. The number of anilines is 1. The quantitative estimate of drug-likeness (QED) is 0.0283. The molecule has 7 amide bonds. The van der Waals surface area contributed by atoms with Crippen molar-refractivity contribution in [3.8, 4) is 76.9 Å². The van der Waals surface area contributed by atoms with Crippen molar-refractivity contribution in [1.82, 2.24) is 101 Å². The van der Waals surface area contributed by atoms with E-state index < -0.39 is 43.8 Å². The Hall–Kier alpha value is -16.6. The summed E-state index contributed by atoms with van der Waals surface area (Å²) in [5, 5.41) is 94.3. The van der Waals surface area contributed by atoms with Crippen molar-refractivity contribution in [2.75, 3.05) is 110 Å². The fourth-order valence-electron chi connectivity index (χ4n) is 17.8. The van der Waals surface area contributed by atoms with Crippen LogP contribution < -0.4 is 52.0 Å². The number of hydrogen-bond acceptors (Lipinski definition) is 27. The second-order valence-electron chi connectivity index (χ2n) is 36.1. The highest BCUT2D eigenvalue weighted by Crippen LogP contribution is 2.32. The number of halogens is 3. The molecule has 0 spiro atoms. The highest BCUT2D eigenvalue weighted by Gasteiger charge is 2.37. The number of hydrogen-bond donors (Lipinski definition) is 10. The molecule has 10 N–H and O–H groups in total.